The number of halogens is 1. The maximum atomic E-state index is 9.31. The lowest BCUT2D eigenvalue weighted by Gasteiger charge is -2.02. The molecule has 0 saturated carbocycles. The van der Waals surface area contributed by atoms with Gasteiger partial charge >= 0.3 is 0 Å². The first-order chi connectivity index (χ1) is 8.74. The zero-order chi connectivity index (χ0) is 12.8. The summed E-state index contributed by atoms with van der Waals surface area (Å²) < 4.78 is 0. The van der Waals surface area contributed by atoms with E-state index in [2.05, 4.69) is 5.32 Å². The van der Waals surface area contributed by atoms with E-state index >= 15 is 0 Å². The molecule has 0 unspecified atom stereocenters. The maximum Gasteiger partial charge on any atom is 0.116 e. The number of nitrogens with one attached hydrogen (secondary N) is 1. The second kappa shape index (κ2) is 6.12. The van der Waals surface area contributed by atoms with Crippen molar-refractivity contribution < 1.29 is 5.11 Å². The van der Waals surface area contributed by atoms with Crippen molar-refractivity contribution in [3.8, 4) is 5.75 Å². The second-order valence-corrected chi connectivity index (χ2v) is 4.32. The molecule has 2 aromatic rings. The monoisotopic (exact) mass is 259 g/mol. The van der Waals surface area contributed by atoms with Crippen LogP contribution in [0.25, 0.3) is 6.08 Å². The van der Waals surface area contributed by atoms with Crippen molar-refractivity contribution in [3.05, 3.63) is 65.2 Å². The smallest absolute Gasteiger partial charge is 0.116 e. The molecule has 0 amide bonds. The first-order valence-electron chi connectivity index (χ1n) is 5.69. The Morgan fingerprint density at radius 3 is 2.61 bits per heavy atom. The van der Waals surface area contributed by atoms with Gasteiger partial charge in [0.25, 0.3) is 0 Å². The summed E-state index contributed by atoms with van der Waals surface area (Å²) in [4.78, 5) is 0. The Kier molecular flexibility index (Phi) is 4.26. The van der Waals surface area contributed by atoms with Crippen molar-refractivity contribution in [3.63, 3.8) is 0 Å². The molecule has 0 aliphatic carbocycles. The summed E-state index contributed by atoms with van der Waals surface area (Å²) in [5.41, 5.74) is 2.01. The number of anilines is 1. The summed E-state index contributed by atoms with van der Waals surface area (Å²) in [7, 11) is 0. The topological polar surface area (TPSA) is 32.3 Å². The Morgan fingerprint density at radius 2 is 1.89 bits per heavy atom. The van der Waals surface area contributed by atoms with Crippen LogP contribution in [-0.2, 0) is 0 Å². The molecule has 3 heteroatoms. The van der Waals surface area contributed by atoms with Crippen LogP contribution in [0.15, 0.2) is 54.6 Å². The first-order valence-corrected chi connectivity index (χ1v) is 6.07. The van der Waals surface area contributed by atoms with E-state index in [1.807, 2.05) is 48.6 Å². The average Bonchev–Trinajstić information content (AvgIpc) is 2.37. The third-order valence-corrected chi connectivity index (χ3v) is 2.70. The zero-order valence-electron chi connectivity index (χ0n) is 9.81. The molecule has 0 fully saturated rings. The fraction of sp³-hybridized carbons (Fsp3) is 0.0667. The maximum absolute atomic E-state index is 9.31. The van der Waals surface area contributed by atoms with E-state index < -0.39 is 0 Å². The van der Waals surface area contributed by atoms with E-state index in [0.29, 0.717) is 0 Å². The number of aromatic hydroxyl groups is 1. The lowest BCUT2D eigenvalue weighted by molar-refractivity contribution is 0.475. The highest BCUT2D eigenvalue weighted by Gasteiger charge is 1.91. The molecule has 0 aliphatic heterocycles. The molecule has 18 heavy (non-hydrogen) atoms. The normalized spacial score (nSPS) is 10.7. The van der Waals surface area contributed by atoms with Crippen molar-refractivity contribution in [2.75, 3.05) is 11.9 Å². The van der Waals surface area contributed by atoms with Crippen LogP contribution in [0.3, 0.4) is 0 Å². The third kappa shape index (κ3) is 3.82. The Morgan fingerprint density at radius 1 is 1.11 bits per heavy atom. The lowest BCUT2D eigenvalue weighted by Crippen LogP contribution is -1.97. The fourth-order valence-electron chi connectivity index (χ4n) is 1.57. The molecular formula is C15H14ClNO. The number of phenols is 1. The minimum atomic E-state index is 0.280. The number of benzene rings is 2. The van der Waals surface area contributed by atoms with Gasteiger partial charge in [-0.1, -0.05) is 35.9 Å². The van der Waals surface area contributed by atoms with Gasteiger partial charge in [-0.25, -0.2) is 0 Å². The molecule has 0 heterocycles. The van der Waals surface area contributed by atoms with E-state index in [4.69, 9.17) is 11.6 Å². The highest BCUT2D eigenvalue weighted by Crippen LogP contribution is 2.14. The van der Waals surface area contributed by atoms with E-state index in [-0.39, 0.29) is 5.75 Å². The molecule has 2 rings (SSSR count). The molecular weight excluding hydrogens is 246 g/mol. The quantitative estimate of drug-likeness (QED) is 0.864. The highest BCUT2D eigenvalue weighted by atomic mass is 35.5. The van der Waals surface area contributed by atoms with Gasteiger partial charge in [0.1, 0.15) is 5.75 Å². The van der Waals surface area contributed by atoms with E-state index in [9.17, 15) is 5.11 Å². The molecule has 0 aromatic heterocycles. The van der Waals surface area contributed by atoms with Crippen LogP contribution < -0.4 is 5.32 Å². The predicted octanol–water partition coefficient (Wildman–Crippen LogP) is 4.17. The van der Waals surface area contributed by atoms with E-state index in [0.717, 1.165) is 22.8 Å². The minimum absolute atomic E-state index is 0.280. The van der Waals surface area contributed by atoms with Crippen LogP contribution in [0.1, 0.15) is 5.56 Å². The zero-order valence-corrected chi connectivity index (χ0v) is 10.6. The molecule has 0 saturated heterocycles. The van der Waals surface area contributed by atoms with Crippen molar-refractivity contribution in [1.29, 1.82) is 0 Å². The SMILES string of the molecule is Oc1cccc(C=CCNc2ccc(Cl)cc2)c1. The third-order valence-electron chi connectivity index (χ3n) is 2.45. The second-order valence-electron chi connectivity index (χ2n) is 3.89. The molecule has 0 spiro atoms. The van der Waals surface area contributed by atoms with Crippen LogP contribution >= 0.6 is 11.6 Å². The summed E-state index contributed by atoms with van der Waals surface area (Å²) in [6.07, 6.45) is 3.96. The summed E-state index contributed by atoms with van der Waals surface area (Å²) >= 11 is 5.80. The standard InChI is InChI=1S/C15H14ClNO/c16-13-6-8-14(9-7-13)17-10-2-4-12-3-1-5-15(18)11-12/h1-9,11,17-18H,10H2. The van der Waals surface area contributed by atoms with Gasteiger partial charge in [-0.05, 0) is 42.0 Å². The van der Waals surface area contributed by atoms with Gasteiger partial charge in [0.2, 0.25) is 0 Å². The Hall–Kier alpha value is -1.93. The molecule has 0 bridgehead atoms. The molecule has 0 aliphatic rings. The Balaban J connectivity index is 1.87. The summed E-state index contributed by atoms with van der Waals surface area (Å²) in [5, 5.41) is 13.3. The van der Waals surface area contributed by atoms with Crippen LogP contribution in [0.5, 0.6) is 5.75 Å². The molecule has 0 radical (unpaired) electrons. The number of phenolic OH excluding ortho intramolecular Hbond substituents is 1. The van der Waals surface area contributed by atoms with E-state index in [1.165, 1.54) is 0 Å². The van der Waals surface area contributed by atoms with Crippen molar-refractivity contribution in [2.24, 2.45) is 0 Å². The van der Waals surface area contributed by atoms with Gasteiger partial charge in [0.15, 0.2) is 0 Å². The first kappa shape index (κ1) is 12.5. The van der Waals surface area contributed by atoms with Gasteiger partial charge in [-0.15, -0.1) is 0 Å². The lowest BCUT2D eigenvalue weighted by atomic mass is 10.2. The predicted molar refractivity (Wildman–Crippen MR) is 77.1 cm³/mol. The average molecular weight is 260 g/mol. The van der Waals surface area contributed by atoms with Crippen LogP contribution in [0.4, 0.5) is 5.69 Å². The van der Waals surface area contributed by atoms with Crippen molar-refractivity contribution in [1.82, 2.24) is 0 Å². The number of rotatable bonds is 4. The largest absolute Gasteiger partial charge is 0.508 e. The summed E-state index contributed by atoms with van der Waals surface area (Å²) in [6, 6.07) is 14.7. The molecule has 2 aromatic carbocycles. The highest BCUT2D eigenvalue weighted by molar-refractivity contribution is 6.30. The Bertz CT molecular complexity index is 534. The number of hydrogen-bond acceptors (Lipinski definition) is 2. The van der Waals surface area contributed by atoms with Gasteiger partial charge in [0.05, 0.1) is 0 Å². The summed E-state index contributed by atoms with van der Waals surface area (Å²) in [5.74, 6) is 0.280. The summed E-state index contributed by atoms with van der Waals surface area (Å²) in [6.45, 7) is 0.720. The van der Waals surface area contributed by atoms with Gasteiger partial charge in [-0.3, -0.25) is 0 Å². The van der Waals surface area contributed by atoms with E-state index in [1.54, 1.807) is 12.1 Å². The van der Waals surface area contributed by atoms with Crippen LogP contribution in [-0.4, -0.2) is 11.7 Å². The molecule has 92 valence electrons. The minimum Gasteiger partial charge on any atom is -0.508 e. The Labute approximate surface area is 112 Å². The van der Waals surface area contributed by atoms with Crippen molar-refractivity contribution in [2.45, 2.75) is 0 Å². The van der Waals surface area contributed by atoms with Crippen LogP contribution in [0, 0.1) is 0 Å². The van der Waals surface area contributed by atoms with Gasteiger partial charge in [-0.2, -0.15) is 0 Å². The fourth-order valence-corrected chi connectivity index (χ4v) is 1.69. The van der Waals surface area contributed by atoms with Gasteiger partial charge in [0, 0.05) is 17.3 Å². The molecule has 2 N–H and O–H groups in total. The molecule has 2 nitrogen and oxygen atoms in total. The van der Waals surface area contributed by atoms with Gasteiger partial charge < -0.3 is 10.4 Å². The molecule has 0 atom stereocenters. The van der Waals surface area contributed by atoms with Crippen molar-refractivity contribution >= 4 is 23.4 Å². The van der Waals surface area contributed by atoms with Crippen LogP contribution in [0.2, 0.25) is 5.02 Å². The number of hydrogen-bond donors (Lipinski definition) is 2.